The second-order valence-electron chi connectivity index (χ2n) is 5.35. The molecule has 16 heteroatoms. The van der Waals surface area contributed by atoms with Crippen molar-refractivity contribution >= 4 is 0 Å². The molecule has 0 saturated heterocycles. The molecule has 0 saturated carbocycles. The molecule has 0 radical (unpaired) electrons. The van der Waals surface area contributed by atoms with E-state index in [0.717, 1.165) is 18.2 Å². The van der Waals surface area contributed by atoms with Crippen LogP contribution in [0.25, 0.3) is 0 Å². The van der Waals surface area contributed by atoms with Gasteiger partial charge in [0.1, 0.15) is 11.5 Å². The standard InChI is InChI=1S/C14H10N4O12/c19-15(20)27-11-5-10(6-12(8-11)28-16(21)22)2-1-9-3-4-13(29-17(23)24)14(7-9)30-18(25)26/h3-8H,1-2H2. The Morgan fingerprint density at radius 2 is 1.03 bits per heavy atom. The Morgan fingerprint density at radius 1 is 0.567 bits per heavy atom. The van der Waals surface area contributed by atoms with Crippen LogP contribution >= 0.6 is 0 Å². The van der Waals surface area contributed by atoms with Gasteiger partial charge in [-0.05, 0) is 54.3 Å². The quantitative estimate of drug-likeness (QED) is 0.371. The molecule has 0 spiro atoms. The molecule has 0 aliphatic rings. The van der Waals surface area contributed by atoms with Gasteiger partial charge in [0.2, 0.25) is 0 Å². The van der Waals surface area contributed by atoms with Crippen molar-refractivity contribution in [2.75, 3.05) is 0 Å². The third-order valence-electron chi connectivity index (χ3n) is 3.36. The summed E-state index contributed by atoms with van der Waals surface area (Å²) < 4.78 is 0. The summed E-state index contributed by atoms with van der Waals surface area (Å²) in [6.07, 6.45) is 0.295. The number of hydrogen-bond donors (Lipinski definition) is 0. The average molecular weight is 426 g/mol. The number of hydrogen-bond acceptors (Lipinski definition) is 12. The molecule has 0 atom stereocenters. The molecule has 0 aromatic heterocycles. The summed E-state index contributed by atoms with van der Waals surface area (Å²) in [5.41, 5.74) is 0.758. The summed E-state index contributed by atoms with van der Waals surface area (Å²) in [5, 5.41) is 37.5. The summed E-state index contributed by atoms with van der Waals surface area (Å²) in [7, 11) is 0. The lowest BCUT2D eigenvalue weighted by Crippen LogP contribution is -2.09. The Kier molecular flexibility index (Phi) is 6.78. The molecule has 0 aliphatic carbocycles. The van der Waals surface area contributed by atoms with Gasteiger partial charge in [-0.25, -0.2) is 0 Å². The number of aryl methyl sites for hydroxylation is 2. The van der Waals surface area contributed by atoms with Crippen LogP contribution in [-0.2, 0) is 12.8 Å². The third kappa shape index (κ3) is 6.76. The minimum absolute atomic E-state index is 0.135. The van der Waals surface area contributed by atoms with Crippen molar-refractivity contribution in [1.29, 1.82) is 0 Å². The van der Waals surface area contributed by atoms with Crippen molar-refractivity contribution < 1.29 is 39.7 Å². The number of benzene rings is 2. The summed E-state index contributed by atoms with van der Waals surface area (Å²) in [5.74, 6) is -1.65. The van der Waals surface area contributed by atoms with Crippen LogP contribution in [0.15, 0.2) is 36.4 Å². The van der Waals surface area contributed by atoms with Crippen molar-refractivity contribution in [3.05, 3.63) is 88.0 Å². The van der Waals surface area contributed by atoms with Gasteiger partial charge in [-0.1, -0.05) is 6.07 Å². The van der Waals surface area contributed by atoms with Gasteiger partial charge >= 0.3 is 0 Å². The van der Waals surface area contributed by atoms with E-state index in [-0.39, 0.29) is 24.3 Å². The molecule has 30 heavy (non-hydrogen) atoms. The lowest BCUT2D eigenvalue weighted by Gasteiger charge is -2.10. The van der Waals surface area contributed by atoms with E-state index in [0.29, 0.717) is 11.1 Å². The average Bonchev–Trinajstić information content (AvgIpc) is 2.59. The van der Waals surface area contributed by atoms with E-state index < -0.39 is 31.8 Å². The SMILES string of the molecule is O=[N+]([O-])Oc1cc(CCc2ccc(O[N+](=O)[O-])c(O[N+](=O)[O-])c2)cc(O[N+](=O)[O-])c1. The normalized spacial score (nSPS) is 10.0. The van der Waals surface area contributed by atoms with E-state index in [2.05, 4.69) is 19.4 Å². The fourth-order valence-corrected chi connectivity index (χ4v) is 2.36. The molecular formula is C14H10N4O12. The summed E-state index contributed by atoms with van der Waals surface area (Å²) in [6, 6.07) is 7.03. The Balaban J connectivity index is 2.24. The molecule has 0 fully saturated rings. The van der Waals surface area contributed by atoms with Crippen LogP contribution in [-0.4, -0.2) is 20.3 Å². The van der Waals surface area contributed by atoms with E-state index in [9.17, 15) is 40.5 Å². The molecular weight excluding hydrogens is 416 g/mol. The first-order valence-electron chi connectivity index (χ1n) is 7.68. The lowest BCUT2D eigenvalue weighted by molar-refractivity contribution is -0.721. The molecule has 2 aromatic carbocycles. The largest absolute Gasteiger partial charge is 0.299 e. The van der Waals surface area contributed by atoms with Gasteiger partial charge < -0.3 is 0 Å². The van der Waals surface area contributed by atoms with Gasteiger partial charge in [-0.15, -0.1) is 40.5 Å². The van der Waals surface area contributed by atoms with Gasteiger partial charge in [0.15, 0.2) is 11.5 Å². The first-order valence-corrected chi connectivity index (χ1v) is 7.68. The van der Waals surface area contributed by atoms with Crippen molar-refractivity contribution in [3.63, 3.8) is 0 Å². The summed E-state index contributed by atoms with van der Waals surface area (Å²) >= 11 is 0. The highest BCUT2D eigenvalue weighted by atomic mass is 17.0. The van der Waals surface area contributed by atoms with Crippen LogP contribution in [0, 0.1) is 40.5 Å². The zero-order chi connectivity index (χ0) is 22.3. The second-order valence-corrected chi connectivity index (χ2v) is 5.35. The second kappa shape index (κ2) is 9.44. The minimum atomic E-state index is -1.18. The molecule has 0 N–H and O–H groups in total. The smallest absolute Gasteiger partial charge is 0.276 e. The van der Waals surface area contributed by atoms with Crippen molar-refractivity contribution in [2.45, 2.75) is 12.8 Å². The minimum Gasteiger partial charge on any atom is -0.276 e. The van der Waals surface area contributed by atoms with Gasteiger partial charge in [0.05, 0.1) is 0 Å². The van der Waals surface area contributed by atoms with E-state index in [1.807, 2.05) is 0 Å². The van der Waals surface area contributed by atoms with Gasteiger partial charge in [-0.2, -0.15) is 0 Å². The molecule has 0 heterocycles. The van der Waals surface area contributed by atoms with Crippen molar-refractivity contribution in [3.8, 4) is 23.0 Å². The Bertz CT molecular complexity index is 961. The van der Waals surface area contributed by atoms with Crippen molar-refractivity contribution in [2.24, 2.45) is 0 Å². The molecule has 2 rings (SSSR count). The molecule has 0 unspecified atom stereocenters. The van der Waals surface area contributed by atoms with Crippen LogP contribution in [0.1, 0.15) is 11.1 Å². The Labute approximate surface area is 164 Å². The highest BCUT2D eigenvalue weighted by molar-refractivity contribution is 5.43. The molecule has 158 valence electrons. The zero-order valence-electron chi connectivity index (χ0n) is 14.6. The lowest BCUT2D eigenvalue weighted by atomic mass is 10.0. The molecule has 16 nitrogen and oxygen atoms in total. The monoisotopic (exact) mass is 426 g/mol. The summed E-state index contributed by atoms with van der Waals surface area (Å²) in [4.78, 5) is 59.1. The van der Waals surface area contributed by atoms with E-state index in [1.54, 1.807) is 0 Å². The molecule has 2 aromatic rings. The fourth-order valence-electron chi connectivity index (χ4n) is 2.36. The zero-order valence-corrected chi connectivity index (χ0v) is 14.6. The van der Waals surface area contributed by atoms with Crippen LogP contribution < -0.4 is 19.4 Å². The van der Waals surface area contributed by atoms with Gasteiger partial charge in [0, 0.05) is 0 Å². The molecule has 0 amide bonds. The van der Waals surface area contributed by atoms with Crippen LogP contribution in [0.3, 0.4) is 0 Å². The Morgan fingerprint density at radius 3 is 1.53 bits per heavy atom. The van der Waals surface area contributed by atoms with Gasteiger partial charge in [0.25, 0.3) is 20.3 Å². The van der Waals surface area contributed by atoms with Crippen LogP contribution in [0.5, 0.6) is 23.0 Å². The molecule has 0 aliphatic heterocycles. The number of nitrogens with zero attached hydrogens (tertiary/aromatic N) is 4. The Hall–Kier alpha value is -4.76. The summed E-state index contributed by atoms with van der Waals surface area (Å²) in [6.45, 7) is 0. The predicted octanol–water partition coefficient (Wildman–Crippen LogP) is 1.75. The number of rotatable bonds is 11. The van der Waals surface area contributed by atoms with Crippen LogP contribution in [0.2, 0.25) is 0 Å². The topological polar surface area (TPSA) is 209 Å². The first-order chi connectivity index (χ1) is 14.1. The predicted molar refractivity (Wildman–Crippen MR) is 90.8 cm³/mol. The molecule has 0 bridgehead atoms. The van der Waals surface area contributed by atoms with Gasteiger partial charge in [-0.3, -0.25) is 19.4 Å². The highest BCUT2D eigenvalue weighted by Crippen LogP contribution is 2.30. The van der Waals surface area contributed by atoms with E-state index in [1.165, 1.54) is 18.2 Å². The first kappa shape index (κ1) is 21.5. The fraction of sp³-hybridized carbons (Fsp3) is 0.143. The van der Waals surface area contributed by atoms with E-state index >= 15 is 0 Å². The third-order valence-corrected chi connectivity index (χ3v) is 3.36. The highest BCUT2D eigenvalue weighted by Gasteiger charge is 2.13. The maximum atomic E-state index is 10.6. The van der Waals surface area contributed by atoms with Crippen LogP contribution in [0.4, 0.5) is 0 Å². The van der Waals surface area contributed by atoms with E-state index in [4.69, 9.17) is 0 Å². The maximum Gasteiger partial charge on any atom is 0.299 e. The maximum absolute atomic E-state index is 10.6. The van der Waals surface area contributed by atoms with Crippen molar-refractivity contribution in [1.82, 2.24) is 0 Å².